The van der Waals surface area contributed by atoms with Gasteiger partial charge < -0.3 is 26.5 Å². The lowest BCUT2D eigenvalue weighted by molar-refractivity contribution is -0.118. The first-order valence-electron chi connectivity index (χ1n) is 8.59. The number of imidazole rings is 1. The molecule has 29 heavy (non-hydrogen) atoms. The molecule has 0 aliphatic rings. The molecule has 0 amide bonds. The second-order valence-corrected chi connectivity index (χ2v) is 5.91. The summed E-state index contributed by atoms with van der Waals surface area (Å²) in [6.45, 7) is 1.17. The summed E-state index contributed by atoms with van der Waals surface area (Å²) in [7, 11) is 0. The summed E-state index contributed by atoms with van der Waals surface area (Å²) in [5, 5.41) is 2.49. The Morgan fingerprint density at radius 3 is 2.76 bits per heavy atom. The van der Waals surface area contributed by atoms with Gasteiger partial charge >= 0.3 is 6.18 Å². The Morgan fingerprint density at radius 1 is 1.28 bits per heavy atom. The van der Waals surface area contributed by atoms with Crippen molar-refractivity contribution in [1.29, 1.82) is 0 Å². The lowest BCUT2D eigenvalue weighted by atomic mass is 10.4. The molecule has 0 unspecified atom stereocenters. The highest BCUT2D eigenvalue weighted by atomic mass is 19.4. The number of aliphatic imine (C=N–C) groups is 2. The molecule has 0 saturated carbocycles. The first kappa shape index (κ1) is 22.1. The molecule has 2 aromatic heterocycles. The minimum absolute atomic E-state index is 0.239. The van der Waals surface area contributed by atoms with Crippen LogP contribution in [0.1, 0.15) is 17.9 Å². The van der Waals surface area contributed by atoms with Gasteiger partial charge in [0.1, 0.15) is 24.0 Å². The van der Waals surface area contributed by atoms with Gasteiger partial charge in [0.15, 0.2) is 5.96 Å². The molecular formula is C16H22F3N9O. The Labute approximate surface area is 164 Å². The van der Waals surface area contributed by atoms with Crippen molar-refractivity contribution < 1.29 is 17.9 Å². The average Bonchev–Trinajstić information content (AvgIpc) is 3.04. The lowest BCUT2D eigenvalue weighted by Gasteiger charge is -2.08. The zero-order valence-corrected chi connectivity index (χ0v) is 15.7. The van der Waals surface area contributed by atoms with Crippen LogP contribution in [0.3, 0.4) is 0 Å². The molecule has 0 spiro atoms. The summed E-state index contributed by atoms with van der Waals surface area (Å²) >= 11 is 0. The normalized spacial score (nSPS) is 13.0. The van der Waals surface area contributed by atoms with Crippen molar-refractivity contribution >= 4 is 23.6 Å². The number of aryl methyl sites for hydroxylation is 1. The molecule has 2 heterocycles. The fourth-order valence-electron chi connectivity index (χ4n) is 2.02. The summed E-state index contributed by atoms with van der Waals surface area (Å²) in [6.07, 6.45) is -0.498. The molecule has 0 aromatic carbocycles. The predicted molar refractivity (Wildman–Crippen MR) is 102 cm³/mol. The van der Waals surface area contributed by atoms with Crippen LogP contribution in [-0.4, -0.2) is 57.7 Å². The van der Waals surface area contributed by atoms with Crippen LogP contribution in [0.15, 0.2) is 28.4 Å². The Balaban J connectivity index is 1.73. The molecule has 158 valence electrons. The number of halogens is 3. The van der Waals surface area contributed by atoms with Crippen LogP contribution in [0.25, 0.3) is 0 Å². The Kier molecular flexibility index (Phi) is 7.88. The first-order valence-corrected chi connectivity index (χ1v) is 8.59. The average molecular weight is 413 g/mol. The Morgan fingerprint density at radius 2 is 2.07 bits per heavy atom. The molecule has 2 rings (SSSR count). The maximum atomic E-state index is 12.1. The van der Waals surface area contributed by atoms with Crippen LogP contribution in [-0.2, 0) is 11.2 Å². The Hall–Kier alpha value is -3.22. The molecule has 0 aliphatic carbocycles. The molecular weight excluding hydrogens is 391 g/mol. The number of hydrogen-bond acceptors (Lipinski definition) is 6. The molecule has 0 bridgehead atoms. The summed E-state index contributed by atoms with van der Waals surface area (Å²) in [5.74, 6) is 1.12. The number of nitrogens with one attached hydrogen (secondary N) is 2. The van der Waals surface area contributed by atoms with Crippen molar-refractivity contribution in [2.45, 2.75) is 25.9 Å². The van der Waals surface area contributed by atoms with E-state index in [2.05, 4.69) is 35.2 Å². The van der Waals surface area contributed by atoms with Crippen molar-refractivity contribution in [1.82, 2.24) is 19.9 Å². The van der Waals surface area contributed by atoms with Gasteiger partial charge in [0, 0.05) is 30.9 Å². The molecule has 0 aliphatic heterocycles. The molecule has 13 heteroatoms. The van der Waals surface area contributed by atoms with Crippen molar-refractivity contribution in [2.75, 3.05) is 25.1 Å². The third-order valence-corrected chi connectivity index (χ3v) is 3.30. The molecule has 0 radical (unpaired) electrons. The second-order valence-electron chi connectivity index (χ2n) is 5.91. The number of hydrogen-bond donors (Lipinski definition) is 4. The van der Waals surface area contributed by atoms with Crippen LogP contribution in [0.5, 0.6) is 0 Å². The highest BCUT2D eigenvalue weighted by Crippen LogP contribution is 2.14. The monoisotopic (exact) mass is 413 g/mol. The van der Waals surface area contributed by atoms with E-state index >= 15 is 0 Å². The minimum atomic E-state index is -4.43. The zero-order chi connectivity index (χ0) is 21.3. The number of amidine groups is 1. The van der Waals surface area contributed by atoms with Crippen LogP contribution in [0.4, 0.5) is 24.9 Å². The number of rotatable bonds is 9. The molecule has 0 atom stereocenters. The van der Waals surface area contributed by atoms with E-state index in [0.717, 1.165) is 5.69 Å². The lowest BCUT2D eigenvalue weighted by Crippen LogP contribution is -2.26. The Bertz CT molecular complexity index is 848. The zero-order valence-electron chi connectivity index (χ0n) is 15.7. The first-order chi connectivity index (χ1) is 13.7. The van der Waals surface area contributed by atoms with Gasteiger partial charge in [0.25, 0.3) is 0 Å². The molecule has 2 aromatic rings. The largest absolute Gasteiger partial charge is 0.408 e. The van der Waals surface area contributed by atoms with E-state index in [4.69, 9.17) is 16.2 Å². The number of guanidine groups is 1. The van der Waals surface area contributed by atoms with E-state index in [9.17, 15) is 13.2 Å². The second kappa shape index (κ2) is 10.4. The van der Waals surface area contributed by atoms with Crippen molar-refractivity contribution in [3.63, 3.8) is 0 Å². The van der Waals surface area contributed by atoms with Gasteiger partial charge in [-0.3, -0.25) is 0 Å². The number of alkyl halides is 3. The summed E-state index contributed by atoms with van der Waals surface area (Å²) < 4.78 is 41.9. The van der Waals surface area contributed by atoms with E-state index in [0.29, 0.717) is 43.7 Å². The fraction of sp³-hybridized carbons (Fsp3) is 0.438. The number of ether oxygens (including phenoxy) is 1. The predicted octanol–water partition coefficient (Wildman–Crippen LogP) is 1.44. The van der Waals surface area contributed by atoms with E-state index in [1.165, 1.54) is 12.3 Å². The quantitative estimate of drug-likeness (QED) is 0.276. The SMILES string of the molecule is Cc1cnc(N=C(N)CCOCCc2nccc(NC(N)=NCC(F)(F)F)n2)[nH]1. The standard InChI is InChI=1S/C16H22F3N9O/c1-10-8-23-15(25-10)26-11(20)3-6-29-7-4-12-22-5-2-13(27-12)28-14(21)24-9-16(17,18)19/h2,5,8H,3-4,6-7,9H2,1H3,(H3,20,23,25,26)(H3,21,22,24,27,28). The number of aromatic amines is 1. The minimum Gasteiger partial charge on any atom is -0.387 e. The number of H-pyrrole nitrogens is 1. The molecule has 0 saturated heterocycles. The fourth-order valence-corrected chi connectivity index (χ4v) is 2.02. The maximum Gasteiger partial charge on any atom is 0.408 e. The van der Waals surface area contributed by atoms with Gasteiger partial charge in [-0.15, -0.1) is 0 Å². The van der Waals surface area contributed by atoms with Gasteiger partial charge in [0.2, 0.25) is 5.95 Å². The van der Waals surface area contributed by atoms with E-state index in [-0.39, 0.29) is 11.8 Å². The van der Waals surface area contributed by atoms with Crippen molar-refractivity contribution in [2.24, 2.45) is 21.5 Å². The van der Waals surface area contributed by atoms with Gasteiger partial charge in [0.05, 0.1) is 13.2 Å². The number of nitrogens with two attached hydrogens (primary N) is 2. The van der Waals surface area contributed by atoms with Gasteiger partial charge in [-0.05, 0) is 13.0 Å². The smallest absolute Gasteiger partial charge is 0.387 e. The number of nitrogens with zero attached hydrogens (tertiary/aromatic N) is 5. The van der Waals surface area contributed by atoms with Gasteiger partial charge in [-0.25, -0.2) is 24.9 Å². The van der Waals surface area contributed by atoms with Gasteiger partial charge in [-0.1, -0.05) is 0 Å². The highest BCUT2D eigenvalue weighted by molar-refractivity contribution is 5.91. The summed E-state index contributed by atoms with van der Waals surface area (Å²) in [4.78, 5) is 22.5. The van der Waals surface area contributed by atoms with Crippen LogP contribution < -0.4 is 16.8 Å². The summed E-state index contributed by atoms with van der Waals surface area (Å²) in [6, 6.07) is 1.47. The number of aromatic nitrogens is 4. The van der Waals surface area contributed by atoms with Crippen LogP contribution in [0, 0.1) is 6.92 Å². The van der Waals surface area contributed by atoms with Crippen molar-refractivity contribution in [3.8, 4) is 0 Å². The van der Waals surface area contributed by atoms with Crippen LogP contribution >= 0.6 is 0 Å². The third kappa shape index (κ3) is 9.01. The van der Waals surface area contributed by atoms with E-state index in [1.54, 1.807) is 6.20 Å². The molecule has 6 N–H and O–H groups in total. The van der Waals surface area contributed by atoms with Crippen LogP contribution in [0.2, 0.25) is 0 Å². The summed E-state index contributed by atoms with van der Waals surface area (Å²) in [5.41, 5.74) is 12.1. The van der Waals surface area contributed by atoms with Crippen molar-refractivity contribution in [3.05, 3.63) is 30.0 Å². The third-order valence-electron chi connectivity index (χ3n) is 3.30. The highest BCUT2D eigenvalue weighted by Gasteiger charge is 2.26. The van der Waals surface area contributed by atoms with E-state index < -0.39 is 12.7 Å². The maximum absolute atomic E-state index is 12.1. The number of anilines is 1. The van der Waals surface area contributed by atoms with Gasteiger partial charge in [-0.2, -0.15) is 13.2 Å². The molecule has 10 nitrogen and oxygen atoms in total. The molecule has 0 fully saturated rings. The topological polar surface area (TPSA) is 152 Å². The van der Waals surface area contributed by atoms with E-state index in [1.807, 2.05) is 6.92 Å².